The fourth-order valence-electron chi connectivity index (χ4n) is 3.69. The predicted octanol–water partition coefficient (Wildman–Crippen LogP) is 1.80. The van der Waals surface area contributed by atoms with E-state index in [2.05, 4.69) is 10.3 Å². The number of amides is 2. The third kappa shape index (κ3) is 3.18. The Morgan fingerprint density at radius 1 is 1.17 bits per heavy atom. The first kappa shape index (κ1) is 15.8. The van der Waals surface area contributed by atoms with Crippen LogP contribution in [0.25, 0.3) is 0 Å². The molecule has 1 saturated carbocycles. The molecule has 3 rings (SSSR count). The summed E-state index contributed by atoms with van der Waals surface area (Å²) in [7, 11) is 0. The summed E-state index contributed by atoms with van der Waals surface area (Å²) in [4.78, 5) is 29.9. The van der Waals surface area contributed by atoms with Crippen LogP contribution in [0.1, 0.15) is 44.9 Å². The Bertz CT molecular complexity index is 544. The lowest BCUT2D eigenvalue weighted by atomic mass is 9.87. The van der Waals surface area contributed by atoms with Crippen molar-refractivity contribution in [2.24, 2.45) is 0 Å². The lowest BCUT2D eigenvalue weighted by Crippen LogP contribution is -2.55. The second-order valence-corrected chi connectivity index (χ2v) is 6.58. The van der Waals surface area contributed by atoms with Crippen LogP contribution in [0.2, 0.25) is 0 Å². The molecule has 0 unspecified atom stereocenters. The minimum atomic E-state index is -0.988. The number of aliphatic carboxylic acids is 1. The monoisotopic (exact) mass is 320 g/mol. The van der Waals surface area contributed by atoms with Crippen molar-refractivity contribution in [3.8, 4) is 0 Å². The van der Waals surface area contributed by atoms with Gasteiger partial charge in [0, 0.05) is 31.5 Å². The van der Waals surface area contributed by atoms with Gasteiger partial charge < -0.3 is 19.9 Å². The SMILES string of the molecule is O=C(NC1CCCCC1)N1CCC(C(=O)O)(n2ccnc2)CC1. The second kappa shape index (κ2) is 6.60. The topological polar surface area (TPSA) is 87.5 Å². The highest BCUT2D eigenvalue weighted by atomic mass is 16.4. The Morgan fingerprint density at radius 2 is 1.87 bits per heavy atom. The van der Waals surface area contributed by atoms with Gasteiger partial charge in [-0.1, -0.05) is 19.3 Å². The van der Waals surface area contributed by atoms with E-state index in [4.69, 9.17) is 0 Å². The van der Waals surface area contributed by atoms with Crippen molar-refractivity contribution >= 4 is 12.0 Å². The summed E-state index contributed by atoms with van der Waals surface area (Å²) in [5.74, 6) is -0.858. The highest BCUT2D eigenvalue weighted by Gasteiger charge is 2.44. The van der Waals surface area contributed by atoms with E-state index in [0.717, 1.165) is 12.8 Å². The van der Waals surface area contributed by atoms with Gasteiger partial charge in [0.05, 0.1) is 6.33 Å². The molecule has 23 heavy (non-hydrogen) atoms. The van der Waals surface area contributed by atoms with E-state index < -0.39 is 11.5 Å². The highest BCUT2D eigenvalue weighted by Crippen LogP contribution is 2.30. The van der Waals surface area contributed by atoms with Gasteiger partial charge in [-0.15, -0.1) is 0 Å². The van der Waals surface area contributed by atoms with E-state index in [9.17, 15) is 14.7 Å². The van der Waals surface area contributed by atoms with Crippen molar-refractivity contribution < 1.29 is 14.7 Å². The van der Waals surface area contributed by atoms with E-state index in [1.807, 2.05) is 0 Å². The summed E-state index contributed by atoms with van der Waals surface area (Å²) in [6.45, 7) is 0.895. The number of carboxylic acids is 1. The maximum absolute atomic E-state index is 12.4. The van der Waals surface area contributed by atoms with Crippen molar-refractivity contribution in [3.05, 3.63) is 18.7 Å². The van der Waals surface area contributed by atoms with Crippen LogP contribution in [0, 0.1) is 0 Å². The van der Waals surface area contributed by atoms with Gasteiger partial charge in [-0.05, 0) is 25.7 Å². The van der Waals surface area contributed by atoms with Crippen LogP contribution in [-0.2, 0) is 10.3 Å². The zero-order valence-electron chi connectivity index (χ0n) is 13.3. The number of hydrogen-bond donors (Lipinski definition) is 2. The van der Waals surface area contributed by atoms with Crippen LogP contribution < -0.4 is 5.32 Å². The van der Waals surface area contributed by atoms with Crippen LogP contribution in [0.3, 0.4) is 0 Å². The van der Waals surface area contributed by atoms with Gasteiger partial charge in [-0.25, -0.2) is 14.6 Å². The van der Waals surface area contributed by atoms with Gasteiger partial charge in [0.1, 0.15) is 5.54 Å². The Balaban J connectivity index is 1.60. The zero-order chi connectivity index (χ0) is 16.3. The lowest BCUT2D eigenvalue weighted by Gasteiger charge is -2.40. The number of imidazole rings is 1. The summed E-state index contributed by atoms with van der Waals surface area (Å²) in [6, 6.07) is 0.220. The highest BCUT2D eigenvalue weighted by molar-refractivity contribution is 5.78. The molecule has 2 N–H and O–H groups in total. The second-order valence-electron chi connectivity index (χ2n) is 6.58. The number of piperidine rings is 1. The molecule has 2 heterocycles. The molecule has 1 aromatic rings. The molecule has 0 bridgehead atoms. The molecule has 1 aromatic heterocycles. The maximum atomic E-state index is 12.4. The fourth-order valence-corrected chi connectivity index (χ4v) is 3.69. The molecule has 7 nitrogen and oxygen atoms in total. The third-order valence-corrected chi connectivity index (χ3v) is 5.21. The molecule has 2 amide bonds. The Labute approximate surface area is 135 Å². The normalized spacial score (nSPS) is 21.8. The van der Waals surface area contributed by atoms with Crippen LogP contribution in [0.5, 0.6) is 0 Å². The number of urea groups is 1. The van der Waals surface area contributed by atoms with Crippen molar-refractivity contribution in [1.29, 1.82) is 0 Å². The summed E-state index contributed by atoms with van der Waals surface area (Å²) in [5.41, 5.74) is -0.988. The number of rotatable bonds is 3. The number of hydrogen-bond acceptors (Lipinski definition) is 3. The Kier molecular flexibility index (Phi) is 4.54. The minimum Gasteiger partial charge on any atom is -0.479 e. The van der Waals surface area contributed by atoms with Crippen molar-refractivity contribution in [1.82, 2.24) is 19.8 Å². The van der Waals surface area contributed by atoms with Crippen LogP contribution in [-0.4, -0.2) is 50.7 Å². The molecule has 7 heteroatoms. The standard InChI is InChI=1S/C16H24N4O3/c21-14(22)16(20-11-8-17-12-20)6-9-19(10-7-16)15(23)18-13-4-2-1-3-5-13/h8,11-13H,1-7,9-10H2,(H,18,23)(H,21,22). The lowest BCUT2D eigenvalue weighted by molar-refractivity contribution is -0.150. The number of nitrogens with one attached hydrogen (secondary N) is 1. The third-order valence-electron chi connectivity index (χ3n) is 5.21. The van der Waals surface area contributed by atoms with Gasteiger partial charge >= 0.3 is 12.0 Å². The molecule has 0 spiro atoms. The number of likely N-dealkylation sites (tertiary alicyclic amines) is 1. The average Bonchev–Trinajstić information content (AvgIpc) is 3.10. The quantitative estimate of drug-likeness (QED) is 0.889. The first-order chi connectivity index (χ1) is 11.1. The molecule has 0 atom stereocenters. The smallest absolute Gasteiger partial charge is 0.330 e. The van der Waals surface area contributed by atoms with Gasteiger partial charge in [-0.2, -0.15) is 0 Å². The molecule has 126 valence electrons. The van der Waals surface area contributed by atoms with Crippen LogP contribution in [0.4, 0.5) is 4.79 Å². The Morgan fingerprint density at radius 3 is 2.43 bits per heavy atom. The van der Waals surface area contributed by atoms with Gasteiger partial charge in [0.2, 0.25) is 0 Å². The Hall–Kier alpha value is -2.05. The molecule has 1 aliphatic carbocycles. The summed E-state index contributed by atoms with van der Waals surface area (Å²) in [6.07, 6.45) is 11.3. The first-order valence-corrected chi connectivity index (χ1v) is 8.39. The number of aromatic nitrogens is 2. The van der Waals surface area contributed by atoms with Gasteiger partial charge in [-0.3, -0.25) is 0 Å². The van der Waals surface area contributed by atoms with Crippen molar-refractivity contribution in [3.63, 3.8) is 0 Å². The summed E-state index contributed by atoms with van der Waals surface area (Å²) in [5, 5.41) is 12.8. The largest absolute Gasteiger partial charge is 0.479 e. The molecule has 0 radical (unpaired) electrons. The molecule has 0 aromatic carbocycles. The number of carbonyl (C=O) groups is 2. The molecular formula is C16H24N4O3. The molecule has 1 saturated heterocycles. The molecule has 2 fully saturated rings. The number of carboxylic acid groups (broad SMARTS) is 1. The van der Waals surface area contributed by atoms with E-state index in [0.29, 0.717) is 25.9 Å². The predicted molar refractivity (Wildman–Crippen MR) is 84.0 cm³/mol. The average molecular weight is 320 g/mol. The van der Waals surface area contributed by atoms with Crippen LogP contribution in [0.15, 0.2) is 18.7 Å². The molecule has 2 aliphatic rings. The zero-order valence-corrected chi connectivity index (χ0v) is 13.3. The molecule has 1 aliphatic heterocycles. The van der Waals surface area contributed by atoms with Gasteiger partial charge in [0.25, 0.3) is 0 Å². The molecular weight excluding hydrogens is 296 g/mol. The first-order valence-electron chi connectivity index (χ1n) is 8.39. The minimum absolute atomic E-state index is 0.0541. The maximum Gasteiger partial charge on any atom is 0.330 e. The van der Waals surface area contributed by atoms with E-state index in [-0.39, 0.29) is 12.1 Å². The fraction of sp³-hybridized carbons (Fsp3) is 0.688. The van der Waals surface area contributed by atoms with Crippen LogP contribution >= 0.6 is 0 Å². The summed E-state index contributed by atoms with van der Waals surface area (Å²) >= 11 is 0. The van der Waals surface area contributed by atoms with E-state index in [1.165, 1.54) is 19.3 Å². The van der Waals surface area contributed by atoms with Gasteiger partial charge in [0.15, 0.2) is 0 Å². The van der Waals surface area contributed by atoms with Crippen molar-refractivity contribution in [2.45, 2.75) is 56.5 Å². The van der Waals surface area contributed by atoms with Crippen molar-refractivity contribution in [2.75, 3.05) is 13.1 Å². The number of nitrogens with zero attached hydrogens (tertiary/aromatic N) is 3. The van der Waals surface area contributed by atoms with E-state index >= 15 is 0 Å². The summed E-state index contributed by atoms with van der Waals surface area (Å²) < 4.78 is 1.66. The van der Waals surface area contributed by atoms with E-state index in [1.54, 1.807) is 28.2 Å². The number of carbonyl (C=O) groups excluding carboxylic acids is 1.